The number of aliphatic carboxylic acids is 1. The number of likely N-dealkylation sites (N-methyl/N-ethyl adjacent to an activating group) is 1. The average Bonchev–Trinajstić information content (AvgIpc) is 3.07. The SMILES string of the molecule is CNC(=O)[C@H](Cc1ccc(O)cc1)NC(=O)[C@@H](NC(=O)[C@H](CC(=O)O)NC(=O)[C@H](CCCCN)NC(=O)[C@H](CCCN=C(N)N)NC(C)=O)C(C)C. The van der Waals surface area contributed by atoms with Crippen molar-refractivity contribution in [2.45, 2.75) is 95.9 Å². The van der Waals surface area contributed by atoms with Crippen molar-refractivity contribution in [2.24, 2.45) is 28.1 Å². The molecule has 1 aromatic carbocycles. The van der Waals surface area contributed by atoms with Crippen molar-refractivity contribution >= 4 is 47.4 Å². The molecule has 0 fully saturated rings. The van der Waals surface area contributed by atoms with Crippen LogP contribution in [0.5, 0.6) is 5.75 Å². The molecule has 0 radical (unpaired) electrons. The predicted molar refractivity (Wildman–Crippen MR) is 191 cm³/mol. The first-order valence-electron chi connectivity index (χ1n) is 16.9. The summed E-state index contributed by atoms with van der Waals surface area (Å²) in [4.78, 5) is 93.9. The highest BCUT2D eigenvalue weighted by Crippen LogP contribution is 2.13. The Morgan fingerprint density at radius 2 is 1.27 bits per heavy atom. The summed E-state index contributed by atoms with van der Waals surface area (Å²) in [6, 6.07) is -0.297. The lowest BCUT2D eigenvalue weighted by Gasteiger charge is -2.28. The Morgan fingerprint density at radius 3 is 1.79 bits per heavy atom. The van der Waals surface area contributed by atoms with Crippen LogP contribution in [-0.2, 0) is 40.0 Å². The molecular formula is C33H54N10O9. The second-order valence-corrected chi connectivity index (χ2v) is 12.5. The molecule has 19 heteroatoms. The fourth-order valence-electron chi connectivity index (χ4n) is 5.01. The Morgan fingerprint density at radius 1 is 0.731 bits per heavy atom. The number of guanidine groups is 1. The lowest BCUT2D eigenvalue weighted by atomic mass is 10.00. The van der Waals surface area contributed by atoms with Crippen LogP contribution in [0.25, 0.3) is 0 Å². The van der Waals surface area contributed by atoms with E-state index in [2.05, 4.69) is 36.9 Å². The maximum Gasteiger partial charge on any atom is 0.305 e. The van der Waals surface area contributed by atoms with Crippen molar-refractivity contribution in [1.82, 2.24) is 31.9 Å². The zero-order valence-corrected chi connectivity index (χ0v) is 30.1. The summed E-state index contributed by atoms with van der Waals surface area (Å²) in [7, 11) is 1.39. The molecule has 6 amide bonds. The molecule has 5 atom stereocenters. The number of carbonyl (C=O) groups excluding carboxylic acids is 6. The average molecular weight is 735 g/mol. The number of carbonyl (C=O) groups is 7. The number of nitrogens with two attached hydrogens (primary N) is 3. The van der Waals surface area contributed by atoms with E-state index in [0.29, 0.717) is 31.4 Å². The Labute approximate surface area is 302 Å². The van der Waals surface area contributed by atoms with Crippen molar-refractivity contribution < 1.29 is 43.8 Å². The molecule has 0 aliphatic carbocycles. The molecule has 0 aliphatic heterocycles. The zero-order chi connectivity index (χ0) is 39.4. The molecule has 0 unspecified atom stereocenters. The third kappa shape index (κ3) is 17.0. The summed E-state index contributed by atoms with van der Waals surface area (Å²) >= 11 is 0. The number of amides is 6. The largest absolute Gasteiger partial charge is 0.508 e. The minimum atomic E-state index is -1.68. The predicted octanol–water partition coefficient (Wildman–Crippen LogP) is -2.56. The molecule has 1 aromatic rings. The fraction of sp³-hybridized carbons (Fsp3) is 0.576. The van der Waals surface area contributed by atoms with Crippen molar-refractivity contribution in [1.29, 1.82) is 0 Å². The number of rotatable bonds is 23. The van der Waals surface area contributed by atoms with Crippen LogP contribution >= 0.6 is 0 Å². The molecule has 0 saturated heterocycles. The van der Waals surface area contributed by atoms with Gasteiger partial charge in [-0.05, 0) is 62.3 Å². The van der Waals surface area contributed by atoms with Crippen LogP contribution in [0.4, 0.5) is 0 Å². The second kappa shape index (κ2) is 23.1. The summed E-state index contributed by atoms with van der Waals surface area (Å²) in [5.74, 6) is -6.47. The monoisotopic (exact) mass is 734 g/mol. The van der Waals surface area contributed by atoms with Gasteiger partial charge in [0.25, 0.3) is 0 Å². The summed E-state index contributed by atoms with van der Waals surface area (Å²) in [5.41, 5.74) is 16.9. The van der Waals surface area contributed by atoms with E-state index < -0.39 is 84.0 Å². The standard InChI is InChI=1S/C33H54N10O9/c1-18(2)27(32(52)42-24(28(48)37-4)16-20-10-12-21(45)13-11-20)43-31(51)25(17-26(46)47)41-30(50)23(8-5-6-14-34)40-29(49)22(39-19(3)44)9-7-15-38-33(35)36/h10-13,18,22-25,27,45H,5-9,14-17,34H2,1-4H3,(H,37,48)(H,39,44)(H,40,49)(H,41,50)(H,42,52)(H,43,51)(H,46,47)(H4,35,36,38)/t22-,23-,24-,25-,27-/m0/s1. The first kappa shape index (κ1) is 44.6. The van der Waals surface area contributed by atoms with Crippen LogP contribution in [-0.4, -0.2) is 108 Å². The molecule has 19 nitrogen and oxygen atoms in total. The van der Waals surface area contributed by atoms with Crippen LogP contribution in [0.3, 0.4) is 0 Å². The number of unbranched alkanes of at least 4 members (excludes halogenated alkanes) is 1. The smallest absolute Gasteiger partial charge is 0.305 e. The number of hydrogen-bond donors (Lipinski definition) is 11. The third-order valence-corrected chi connectivity index (χ3v) is 7.73. The number of nitrogens with one attached hydrogen (secondary N) is 6. The minimum Gasteiger partial charge on any atom is -0.508 e. The highest BCUT2D eigenvalue weighted by molar-refractivity contribution is 5.97. The summed E-state index contributed by atoms with van der Waals surface area (Å²) in [6.07, 6.45) is 0.556. The number of phenols is 1. The lowest BCUT2D eigenvalue weighted by Crippen LogP contribution is -2.60. The van der Waals surface area contributed by atoms with Gasteiger partial charge >= 0.3 is 5.97 Å². The van der Waals surface area contributed by atoms with Gasteiger partial charge in [-0.25, -0.2) is 0 Å². The van der Waals surface area contributed by atoms with Gasteiger partial charge in [0.2, 0.25) is 35.4 Å². The highest BCUT2D eigenvalue weighted by Gasteiger charge is 2.34. The van der Waals surface area contributed by atoms with Crippen LogP contribution < -0.4 is 49.1 Å². The summed E-state index contributed by atoms with van der Waals surface area (Å²) in [5, 5.41) is 34.2. The number of hydrogen-bond acceptors (Lipinski definition) is 10. The number of aromatic hydroxyl groups is 1. The Balaban J connectivity index is 3.21. The van der Waals surface area contributed by atoms with Gasteiger partial charge in [0, 0.05) is 26.9 Å². The van der Waals surface area contributed by atoms with E-state index in [-0.39, 0.29) is 37.5 Å². The molecule has 0 bridgehead atoms. The molecule has 14 N–H and O–H groups in total. The van der Waals surface area contributed by atoms with E-state index in [1.165, 1.54) is 26.1 Å². The number of carboxylic acid groups (broad SMARTS) is 1. The number of aliphatic imine (C=N–C) groups is 1. The van der Waals surface area contributed by atoms with Crippen LogP contribution in [0.15, 0.2) is 29.3 Å². The van der Waals surface area contributed by atoms with Crippen molar-refractivity contribution in [2.75, 3.05) is 20.1 Å². The molecule has 52 heavy (non-hydrogen) atoms. The van der Waals surface area contributed by atoms with Gasteiger partial charge in [0.05, 0.1) is 6.42 Å². The molecule has 0 aromatic heterocycles. The number of carboxylic acids is 1. The number of benzene rings is 1. The van der Waals surface area contributed by atoms with E-state index in [0.717, 1.165) is 0 Å². The lowest BCUT2D eigenvalue weighted by molar-refractivity contribution is -0.141. The van der Waals surface area contributed by atoms with Crippen molar-refractivity contribution in [3.63, 3.8) is 0 Å². The van der Waals surface area contributed by atoms with Gasteiger partial charge in [0.15, 0.2) is 5.96 Å². The quantitative estimate of drug-likeness (QED) is 0.0314. The van der Waals surface area contributed by atoms with E-state index in [1.807, 2.05) is 0 Å². The first-order valence-corrected chi connectivity index (χ1v) is 16.9. The topological polar surface area (TPSA) is 323 Å². The maximum absolute atomic E-state index is 13.5. The van der Waals surface area contributed by atoms with Gasteiger partial charge in [-0.1, -0.05) is 26.0 Å². The molecule has 0 spiro atoms. The van der Waals surface area contributed by atoms with Crippen LogP contribution in [0.2, 0.25) is 0 Å². The molecule has 0 aliphatic rings. The molecule has 0 heterocycles. The Kier molecular flexibility index (Phi) is 19.8. The van der Waals surface area contributed by atoms with E-state index in [1.54, 1.807) is 26.0 Å². The maximum atomic E-state index is 13.5. The molecule has 1 rings (SSSR count). The van der Waals surface area contributed by atoms with E-state index in [4.69, 9.17) is 17.2 Å². The summed E-state index contributed by atoms with van der Waals surface area (Å²) < 4.78 is 0. The normalized spacial score (nSPS) is 13.7. The third-order valence-electron chi connectivity index (χ3n) is 7.73. The van der Waals surface area contributed by atoms with Gasteiger partial charge in [-0.3, -0.25) is 38.6 Å². The number of phenolic OH excluding ortho intramolecular Hbond substituents is 1. The van der Waals surface area contributed by atoms with Gasteiger partial charge in [-0.2, -0.15) is 0 Å². The first-order chi connectivity index (χ1) is 24.5. The zero-order valence-electron chi connectivity index (χ0n) is 30.1. The van der Waals surface area contributed by atoms with E-state index in [9.17, 15) is 43.8 Å². The fourth-order valence-corrected chi connectivity index (χ4v) is 5.01. The minimum absolute atomic E-state index is 0.0179. The molecule has 290 valence electrons. The van der Waals surface area contributed by atoms with E-state index >= 15 is 0 Å². The molecule has 0 saturated carbocycles. The Bertz CT molecular complexity index is 1400. The summed E-state index contributed by atoms with van der Waals surface area (Å²) in [6.45, 7) is 4.93. The Hall–Kier alpha value is -5.46. The van der Waals surface area contributed by atoms with Gasteiger partial charge in [0.1, 0.15) is 36.0 Å². The highest BCUT2D eigenvalue weighted by atomic mass is 16.4. The second-order valence-electron chi connectivity index (χ2n) is 12.5. The van der Waals surface area contributed by atoms with Crippen molar-refractivity contribution in [3.05, 3.63) is 29.8 Å². The van der Waals surface area contributed by atoms with Crippen LogP contribution in [0, 0.1) is 5.92 Å². The van der Waals surface area contributed by atoms with Crippen molar-refractivity contribution in [3.8, 4) is 5.75 Å². The van der Waals surface area contributed by atoms with Gasteiger partial charge in [-0.15, -0.1) is 0 Å². The van der Waals surface area contributed by atoms with Crippen LogP contribution in [0.1, 0.15) is 64.9 Å². The van der Waals surface area contributed by atoms with Gasteiger partial charge < -0.3 is 59.3 Å². The molecular weight excluding hydrogens is 680 g/mol. The number of nitrogens with zero attached hydrogens (tertiary/aromatic N) is 1.